The third-order valence-corrected chi connectivity index (χ3v) is 4.90. The molecule has 0 fully saturated rings. The van der Waals surface area contributed by atoms with Crippen molar-refractivity contribution in [2.45, 2.75) is 37.6 Å². The number of nitrogens with zero attached hydrogens (tertiary/aromatic N) is 1. The van der Waals surface area contributed by atoms with Crippen LogP contribution in [-0.4, -0.2) is 26.0 Å². The highest BCUT2D eigenvalue weighted by atomic mass is 32.2. The summed E-state index contributed by atoms with van der Waals surface area (Å²) >= 11 is 0. The molecule has 3 N–H and O–H groups in total. The molecule has 1 heterocycles. The Kier molecular flexibility index (Phi) is 4.92. The molecule has 21 heavy (non-hydrogen) atoms. The standard InChI is InChI=1S/C15H21N3O2S/c1-3-5-13(9-16)18-21(19,20)14-7-4-6-12-8-11(2)10-17-15(12)14/h4,6-8,10,13,18H,3,5,9,16H2,1-2H3. The van der Waals surface area contributed by atoms with E-state index in [1.54, 1.807) is 18.3 Å². The summed E-state index contributed by atoms with van der Waals surface area (Å²) in [6, 6.07) is 6.84. The number of fused-ring (bicyclic) bond motifs is 1. The maximum atomic E-state index is 12.6. The molecule has 0 radical (unpaired) electrons. The second-order valence-corrected chi connectivity index (χ2v) is 6.87. The Balaban J connectivity index is 2.45. The van der Waals surface area contributed by atoms with E-state index in [-0.39, 0.29) is 17.5 Å². The summed E-state index contributed by atoms with van der Waals surface area (Å²) in [6.45, 7) is 4.21. The number of aryl methyl sites for hydroxylation is 1. The lowest BCUT2D eigenvalue weighted by molar-refractivity contribution is 0.527. The molecule has 1 atom stereocenters. The molecular weight excluding hydrogens is 286 g/mol. The van der Waals surface area contributed by atoms with Gasteiger partial charge in [-0.3, -0.25) is 4.98 Å². The van der Waals surface area contributed by atoms with Crippen LogP contribution in [0.4, 0.5) is 0 Å². The van der Waals surface area contributed by atoms with Crippen molar-refractivity contribution in [3.63, 3.8) is 0 Å². The zero-order valence-corrected chi connectivity index (χ0v) is 13.2. The Morgan fingerprint density at radius 1 is 1.38 bits per heavy atom. The van der Waals surface area contributed by atoms with Crippen LogP contribution in [0, 0.1) is 6.92 Å². The summed E-state index contributed by atoms with van der Waals surface area (Å²) in [5, 5.41) is 0.817. The van der Waals surface area contributed by atoms with E-state index in [1.807, 2.05) is 26.0 Å². The topological polar surface area (TPSA) is 85.1 Å². The van der Waals surface area contributed by atoms with Crippen LogP contribution in [0.15, 0.2) is 35.4 Å². The van der Waals surface area contributed by atoms with Gasteiger partial charge in [-0.2, -0.15) is 0 Å². The quantitative estimate of drug-likeness (QED) is 0.854. The van der Waals surface area contributed by atoms with E-state index < -0.39 is 10.0 Å². The summed E-state index contributed by atoms with van der Waals surface area (Å²) in [7, 11) is -3.63. The second kappa shape index (κ2) is 6.51. The van der Waals surface area contributed by atoms with Crippen molar-refractivity contribution in [3.8, 4) is 0 Å². The minimum absolute atomic E-state index is 0.203. The van der Waals surface area contributed by atoms with Crippen molar-refractivity contribution in [3.05, 3.63) is 36.0 Å². The first-order valence-electron chi connectivity index (χ1n) is 7.05. The first-order valence-corrected chi connectivity index (χ1v) is 8.54. The number of hydrogen-bond donors (Lipinski definition) is 2. The van der Waals surface area contributed by atoms with E-state index in [4.69, 9.17) is 5.73 Å². The number of rotatable bonds is 6. The average molecular weight is 307 g/mol. The number of nitrogens with two attached hydrogens (primary N) is 1. The third-order valence-electron chi connectivity index (χ3n) is 3.34. The molecule has 0 bridgehead atoms. The Hall–Kier alpha value is -1.50. The number of pyridine rings is 1. The van der Waals surface area contributed by atoms with Crippen LogP contribution in [0.5, 0.6) is 0 Å². The van der Waals surface area contributed by atoms with Gasteiger partial charge in [-0.05, 0) is 31.0 Å². The minimum Gasteiger partial charge on any atom is -0.329 e. The number of hydrogen-bond acceptors (Lipinski definition) is 4. The van der Waals surface area contributed by atoms with Crippen LogP contribution >= 0.6 is 0 Å². The highest BCUT2D eigenvalue weighted by Gasteiger charge is 2.21. The van der Waals surface area contributed by atoms with Gasteiger partial charge in [0.1, 0.15) is 4.90 Å². The van der Waals surface area contributed by atoms with E-state index in [9.17, 15) is 8.42 Å². The Labute approximate surface area is 125 Å². The Morgan fingerprint density at radius 2 is 2.14 bits per heavy atom. The van der Waals surface area contributed by atoms with Crippen LogP contribution in [0.25, 0.3) is 10.9 Å². The second-order valence-electron chi connectivity index (χ2n) is 5.18. The van der Waals surface area contributed by atoms with Crippen molar-refractivity contribution in [2.24, 2.45) is 5.73 Å². The SMILES string of the molecule is CCCC(CN)NS(=O)(=O)c1cccc2cc(C)cnc12. The molecule has 0 aliphatic heterocycles. The number of para-hydroxylation sites is 1. The van der Waals surface area contributed by atoms with Crippen molar-refractivity contribution in [1.29, 1.82) is 0 Å². The summed E-state index contributed by atoms with van der Waals surface area (Å²) < 4.78 is 27.8. The van der Waals surface area contributed by atoms with Crippen LogP contribution < -0.4 is 10.5 Å². The third kappa shape index (κ3) is 3.58. The summed E-state index contributed by atoms with van der Waals surface area (Å²) in [5.41, 5.74) is 7.12. The normalized spacial score (nSPS) is 13.5. The summed E-state index contributed by atoms with van der Waals surface area (Å²) in [4.78, 5) is 4.48. The van der Waals surface area contributed by atoms with Gasteiger partial charge in [0.25, 0.3) is 0 Å². The van der Waals surface area contributed by atoms with Gasteiger partial charge in [0.05, 0.1) is 5.52 Å². The van der Waals surface area contributed by atoms with Gasteiger partial charge in [-0.25, -0.2) is 13.1 Å². The van der Waals surface area contributed by atoms with Gasteiger partial charge >= 0.3 is 0 Å². The molecule has 2 aromatic rings. The Morgan fingerprint density at radius 3 is 2.81 bits per heavy atom. The summed E-state index contributed by atoms with van der Waals surface area (Å²) in [6.07, 6.45) is 3.26. The van der Waals surface area contributed by atoms with E-state index in [0.29, 0.717) is 11.9 Å². The van der Waals surface area contributed by atoms with Gasteiger partial charge in [0.15, 0.2) is 0 Å². The molecule has 0 amide bonds. The van der Waals surface area contributed by atoms with Crippen LogP contribution in [0.2, 0.25) is 0 Å². The zero-order valence-electron chi connectivity index (χ0n) is 12.3. The predicted octanol–water partition coefficient (Wildman–Crippen LogP) is 1.95. The van der Waals surface area contributed by atoms with Gasteiger partial charge in [-0.15, -0.1) is 0 Å². The van der Waals surface area contributed by atoms with Crippen LogP contribution in [-0.2, 0) is 10.0 Å². The highest BCUT2D eigenvalue weighted by molar-refractivity contribution is 7.89. The maximum Gasteiger partial charge on any atom is 0.243 e. The van der Waals surface area contributed by atoms with E-state index in [1.165, 1.54) is 0 Å². The zero-order chi connectivity index (χ0) is 15.5. The molecule has 2 rings (SSSR count). The lowest BCUT2D eigenvalue weighted by Crippen LogP contribution is -2.40. The van der Waals surface area contributed by atoms with Gasteiger partial charge in [0.2, 0.25) is 10.0 Å². The first-order chi connectivity index (χ1) is 9.97. The van der Waals surface area contributed by atoms with E-state index >= 15 is 0 Å². The fourth-order valence-corrected chi connectivity index (χ4v) is 3.78. The monoisotopic (exact) mass is 307 g/mol. The highest BCUT2D eigenvalue weighted by Crippen LogP contribution is 2.22. The molecule has 114 valence electrons. The van der Waals surface area contributed by atoms with Crippen molar-refractivity contribution in [2.75, 3.05) is 6.54 Å². The molecular formula is C15H21N3O2S. The molecule has 1 unspecified atom stereocenters. The molecule has 0 saturated carbocycles. The minimum atomic E-state index is -3.63. The van der Waals surface area contributed by atoms with Crippen molar-refractivity contribution < 1.29 is 8.42 Å². The first kappa shape index (κ1) is 15.9. The molecule has 0 saturated heterocycles. The number of nitrogens with one attached hydrogen (secondary N) is 1. The van der Waals surface area contributed by atoms with Gasteiger partial charge in [-0.1, -0.05) is 25.5 Å². The number of benzene rings is 1. The van der Waals surface area contributed by atoms with Crippen molar-refractivity contribution >= 4 is 20.9 Å². The molecule has 6 heteroatoms. The molecule has 0 aliphatic carbocycles. The van der Waals surface area contributed by atoms with Crippen LogP contribution in [0.1, 0.15) is 25.3 Å². The smallest absolute Gasteiger partial charge is 0.243 e. The number of sulfonamides is 1. The average Bonchev–Trinajstić information content (AvgIpc) is 2.45. The van der Waals surface area contributed by atoms with Gasteiger partial charge < -0.3 is 5.73 Å². The Bertz CT molecular complexity index is 729. The number of aromatic nitrogens is 1. The molecule has 1 aromatic carbocycles. The fourth-order valence-electron chi connectivity index (χ4n) is 2.32. The largest absolute Gasteiger partial charge is 0.329 e. The van der Waals surface area contributed by atoms with Crippen LogP contribution in [0.3, 0.4) is 0 Å². The maximum absolute atomic E-state index is 12.6. The predicted molar refractivity (Wildman–Crippen MR) is 84.6 cm³/mol. The van der Waals surface area contributed by atoms with Gasteiger partial charge in [0, 0.05) is 24.2 Å². The molecule has 0 aliphatic rings. The van der Waals surface area contributed by atoms with E-state index in [0.717, 1.165) is 17.4 Å². The molecule has 0 spiro atoms. The lowest BCUT2D eigenvalue weighted by atomic mass is 10.2. The molecule has 1 aromatic heterocycles. The molecule has 5 nitrogen and oxygen atoms in total. The summed E-state index contributed by atoms with van der Waals surface area (Å²) in [5.74, 6) is 0. The van der Waals surface area contributed by atoms with E-state index in [2.05, 4.69) is 9.71 Å². The fraction of sp³-hybridized carbons (Fsp3) is 0.400. The lowest BCUT2D eigenvalue weighted by Gasteiger charge is -2.16. The van der Waals surface area contributed by atoms with Crippen molar-refractivity contribution in [1.82, 2.24) is 9.71 Å².